The molecule has 1 N–H and O–H groups in total. The van der Waals surface area contributed by atoms with Gasteiger partial charge in [0.25, 0.3) is 0 Å². The van der Waals surface area contributed by atoms with E-state index in [1.165, 1.54) is 0 Å². The molecule has 3 heteroatoms. The predicted molar refractivity (Wildman–Crippen MR) is 83.7 cm³/mol. The number of aliphatic carboxylic acids is 1. The molecule has 0 radical (unpaired) electrons. The van der Waals surface area contributed by atoms with Crippen LogP contribution in [0.3, 0.4) is 0 Å². The number of benzene rings is 1. The van der Waals surface area contributed by atoms with E-state index in [0.29, 0.717) is 18.4 Å². The maximum Gasteiger partial charge on any atom is 0.307 e. The zero-order valence-corrected chi connectivity index (χ0v) is 13.2. The molecule has 0 heterocycles. The third kappa shape index (κ3) is 3.78. The lowest BCUT2D eigenvalue weighted by molar-refractivity contribution is -0.144. The van der Waals surface area contributed by atoms with Gasteiger partial charge < -0.3 is 9.84 Å². The van der Waals surface area contributed by atoms with Crippen LogP contribution >= 0.6 is 0 Å². The van der Waals surface area contributed by atoms with Crippen molar-refractivity contribution in [1.29, 1.82) is 0 Å². The predicted octanol–water partition coefficient (Wildman–Crippen LogP) is 4.33. The molecule has 0 spiro atoms. The molecule has 116 valence electrons. The molecule has 1 saturated carbocycles. The molecule has 1 aliphatic rings. The zero-order chi connectivity index (χ0) is 15.4. The van der Waals surface area contributed by atoms with Crippen molar-refractivity contribution in [1.82, 2.24) is 0 Å². The van der Waals surface area contributed by atoms with E-state index in [1.54, 1.807) is 0 Å². The van der Waals surface area contributed by atoms with E-state index in [2.05, 4.69) is 13.8 Å². The van der Waals surface area contributed by atoms with Gasteiger partial charge in [-0.15, -0.1) is 0 Å². The second-order valence-electron chi connectivity index (χ2n) is 6.37. The molecule has 0 aromatic heterocycles. The van der Waals surface area contributed by atoms with Crippen LogP contribution in [0.4, 0.5) is 0 Å². The number of hydrogen-bond acceptors (Lipinski definition) is 2. The number of carbonyl (C=O) groups is 1. The van der Waals surface area contributed by atoms with Crippen LogP contribution in [0, 0.1) is 17.8 Å². The Morgan fingerprint density at radius 1 is 1.38 bits per heavy atom. The summed E-state index contributed by atoms with van der Waals surface area (Å²) >= 11 is 0. The van der Waals surface area contributed by atoms with Gasteiger partial charge in [0.15, 0.2) is 0 Å². The number of ether oxygens (including phenoxy) is 1. The lowest BCUT2D eigenvalue weighted by atomic mass is 9.68. The van der Waals surface area contributed by atoms with E-state index in [0.717, 1.165) is 30.6 Å². The average molecular weight is 290 g/mol. The maximum absolute atomic E-state index is 11.6. The van der Waals surface area contributed by atoms with Crippen molar-refractivity contribution in [3.63, 3.8) is 0 Å². The fraction of sp³-hybridized carbons (Fsp3) is 0.611. The maximum atomic E-state index is 11.6. The van der Waals surface area contributed by atoms with Crippen LogP contribution in [-0.2, 0) is 4.79 Å². The summed E-state index contributed by atoms with van der Waals surface area (Å²) < 4.78 is 5.56. The molecule has 2 rings (SSSR count). The number of hydrogen-bond donors (Lipinski definition) is 1. The Labute approximate surface area is 127 Å². The normalized spacial score (nSPS) is 25.8. The molecule has 1 fully saturated rings. The molecular formula is C18H26O3. The van der Waals surface area contributed by atoms with Crippen molar-refractivity contribution in [3.05, 3.63) is 29.8 Å². The van der Waals surface area contributed by atoms with Gasteiger partial charge in [-0.25, -0.2) is 0 Å². The first kappa shape index (κ1) is 15.9. The van der Waals surface area contributed by atoms with Crippen LogP contribution in [0.15, 0.2) is 24.3 Å². The Morgan fingerprint density at radius 2 is 2.14 bits per heavy atom. The second-order valence-corrected chi connectivity index (χ2v) is 6.37. The Balaban J connectivity index is 2.26. The standard InChI is InChI=1S/C18H26O3/c1-4-21-15-7-5-6-14(10-15)17-11-13(12(2)3)8-9-16(17)18(19)20/h5-7,10,12-13,16-17H,4,8-9,11H2,1-3H3,(H,19,20). The highest BCUT2D eigenvalue weighted by Gasteiger charge is 2.36. The average Bonchev–Trinajstić information content (AvgIpc) is 2.47. The largest absolute Gasteiger partial charge is 0.494 e. The molecule has 21 heavy (non-hydrogen) atoms. The highest BCUT2D eigenvalue weighted by Crippen LogP contribution is 2.43. The molecule has 1 aliphatic carbocycles. The van der Waals surface area contributed by atoms with Crippen molar-refractivity contribution < 1.29 is 14.6 Å². The van der Waals surface area contributed by atoms with Gasteiger partial charge in [0, 0.05) is 0 Å². The Kier molecular flexibility index (Phi) is 5.27. The van der Waals surface area contributed by atoms with Crippen LogP contribution in [0.2, 0.25) is 0 Å². The monoisotopic (exact) mass is 290 g/mol. The quantitative estimate of drug-likeness (QED) is 0.878. The highest BCUT2D eigenvalue weighted by molar-refractivity contribution is 5.71. The third-order valence-electron chi connectivity index (χ3n) is 4.75. The van der Waals surface area contributed by atoms with Crippen molar-refractivity contribution in [3.8, 4) is 5.75 Å². The summed E-state index contributed by atoms with van der Waals surface area (Å²) in [5, 5.41) is 9.54. The molecule has 1 aromatic carbocycles. The van der Waals surface area contributed by atoms with Crippen LogP contribution in [-0.4, -0.2) is 17.7 Å². The molecule has 0 aliphatic heterocycles. The summed E-state index contributed by atoms with van der Waals surface area (Å²) in [6, 6.07) is 7.97. The lowest BCUT2D eigenvalue weighted by Gasteiger charge is -2.36. The van der Waals surface area contributed by atoms with Crippen LogP contribution in [0.1, 0.15) is 51.5 Å². The lowest BCUT2D eigenvalue weighted by Crippen LogP contribution is -2.31. The van der Waals surface area contributed by atoms with Crippen molar-refractivity contribution in [2.24, 2.45) is 17.8 Å². The third-order valence-corrected chi connectivity index (χ3v) is 4.75. The van der Waals surface area contributed by atoms with Gasteiger partial charge in [-0.05, 0) is 61.6 Å². The minimum atomic E-state index is -0.663. The van der Waals surface area contributed by atoms with E-state index in [1.807, 2.05) is 31.2 Å². The van der Waals surface area contributed by atoms with E-state index in [-0.39, 0.29) is 11.8 Å². The van der Waals surface area contributed by atoms with Gasteiger partial charge in [0.2, 0.25) is 0 Å². The van der Waals surface area contributed by atoms with Gasteiger partial charge >= 0.3 is 5.97 Å². The van der Waals surface area contributed by atoms with E-state index >= 15 is 0 Å². The van der Waals surface area contributed by atoms with E-state index in [9.17, 15) is 9.90 Å². The Hall–Kier alpha value is -1.51. The first-order valence-corrected chi connectivity index (χ1v) is 7.98. The van der Waals surface area contributed by atoms with Gasteiger partial charge in [-0.2, -0.15) is 0 Å². The smallest absolute Gasteiger partial charge is 0.307 e. The van der Waals surface area contributed by atoms with Gasteiger partial charge in [-0.3, -0.25) is 4.79 Å². The van der Waals surface area contributed by atoms with Gasteiger partial charge in [-0.1, -0.05) is 26.0 Å². The molecule has 0 amide bonds. The molecule has 3 atom stereocenters. The fourth-order valence-electron chi connectivity index (χ4n) is 3.47. The fourth-order valence-corrected chi connectivity index (χ4v) is 3.47. The summed E-state index contributed by atoms with van der Waals surface area (Å²) in [5.41, 5.74) is 1.11. The first-order valence-electron chi connectivity index (χ1n) is 7.98. The summed E-state index contributed by atoms with van der Waals surface area (Å²) in [6.45, 7) is 7.06. The summed E-state index contributed by atoms with van der Waals surface area (Å²) in [6.07, 6.45) is 2.77. The minimum Gasteiger partial charge on any atom is -0.494 e. The molecule has 1 aromatic rings. The molecular weight excluding hydrogens is 264 g/mol. The van der Waals surface area contributed by atoms with Crippen molar-refractivity contribution >= 4 is 5.97 Å². The number of rotatable bonds is 5. The van der Waals surface area contributed by atoms with Gasteiger partial charge in [0.1, 0.15) is 5.75 Å². The zero-order valence-electron chi connectivity index (χ0n) is 13.2. The Bertz CT molecular complexity index is 481. The Morgan fingerprint density at radius 3 is 2.76 bits per heavy atom. The number of carboxylic acid groups (broad SMARTS) is 1. The topological polar surface area (TPSA) is 46.5 Å². The molecule has 3 unspecified atom stereocenters. The second kappa shape index (κ2) is 6.97. The number of carboxylic acids is 1. The summed E-state index contributed by atoms with van der Waals surface area (Å²) in [5.74, 6) is 1.23. The SMILES string of the molecule is CCOc1cccc(C2CC(C(C)C)CCC2C(=O)O)c1. The summed E-state index contributed by atoms with van der Waals surface area (Å²) in [7, 11) is 0. The molecule has 3 nitrogen and oxygen atoms in total. The minimum absolute atomic E-state index is 0.101. The van der Waals surface area contributed by atoms with E-state index in [4.69, 9.17) is 4.74 Å². The molecule has 0 saturated heterocycles. The van der Waals surface area contributed by atoms with Gasteiger partial charge in [0.05, 0.1) is 12.5 Å². The van der Waals surface area contributed by atoms with Crippen LogP contribution in [0.5, 0.6) is 5.75 Å². The van der Waals surface area contributed by atoms with E-state index < -0.39 is 5.97 Å². The van der Waals surface area contributed by atoms with Crippen molar-refractivity contribution in [2.75, 3.05) is 6.61 Å². The summed E-state index contributed by atoms with van der Waals surface area (Å²) in [4.78, 5) is 11.6. The first-order chi connectivity index (χ1) is 10.0. The van der Waals surface area contributed by atoms with Crippen molar-refractivity contribution in [2.45, 2.75) is 46.0 Å². The van der Waals surface area contributed by atoms with Crippen LogP contribution < -0.4 is 4.74 Å². The van der Waals surface area contributed by atoms with Crippen LogP contribution in [0.25, 0.3) is 0 Å². The highest BCUT2D eigenvalue weighted by atomic mass is 16.5. The molecule has 0 bridgehead atoms.